The van der Waals surface area contributed by atoms with Gasteiger partial charge in [0.2, 0.25) is 5.69 Å². The van der Waals surface area contributed by atoms with Crippen molar-refractivity contribution < 1.29 is 14.8 Å². The van der Waals surface area contributed by atoms with E-state index in [9.17, 15) is 20.0 Å². The average Bonchev–Trinajstić information content (AvgIpc) is 3.10. The van der Waals surface area contributed by atoms with Crippen LogP contribution in [0, 0.1) is 10.1 Å². The largest absolute Gasteiger partial charge is 0.390 e. The summed E-state index contributed by atoms with van der Waals surface area (Å²) in [5.74, 6) is -0.666. The van der Waals surface area contributed by atoms with E-state index in [0.717, 1.165) is 11.1 Å². The number of benzene rings is 1. The Morgan fingerprint density at radius 1 is 1.50 bits per heavy atom. The van der Waals surface area contributed by atoms with Gasteiger partial charge in [-0.25, -0.2) is 0 Å². The number of nitro groups is 1. The molecule has 2 atom stereocenters. The molecule has 0 aliphatic heterocycles. The summed E-state index contributed by atoms with van der Waals surface area (Å²) in [6.45, 7) is 1.89. The van der Waals surface area contributed by atoms with Gasteiger partial charge in [0.05, 0.1) is 17.1 Å². The van der Waals surface area contributed by atoms with Crippen LogP contribution in [-0.2, 0) is 12.8 Å². The lowest BCUT2D eigenvalue weighted by Gasteiger charge is -2.17. The average molecular weight is 330 g/mol. The Bertz CT molecular complexity index is 786. The molecule has 1 aliphatic rings. The van der Waals surface area contributed by atoms with Crippen molar-refractivity contribution in [3.63, 3.8) is 0 Å². The summed E-state index contributed by atoms with van der Waals surface area (Å²) in [6, 6.07) is 6.82. The highest BCUT2D eigenvalue weighted by molar-refractivity contribution is 5.96. The smallest absolute Gasteiger partial charge is 0.322 e. The second-order valence-electron chi connectivity index (χ2n) is 5.83. The Morgan fingerprint density at radius 2 is 2.25 bits per heavy atom. The molecule has 3 rings (SSSR count). The molecule has 126 valence electrons. The number of nitrogens with one attached hydrogen (secondary N) is 2. The Labute approximate surface area is 138 Å². The van der Waals surface area contributed by atoms with E-state index in [-0.39, 0.29) is 11.4 Å². The van der Waals surface area contributed by atoms with Crippen LogP contribution < -0.4 is 5.32 Å². The van der Waals surface area contributed by atoms with E-state index in [4.69, 9.17) is 0 Å². The fourth-order valence-electron chi connectivity index (χ4n) is 3.11. The van der Waals surface area contributed by atoms with Crippen LogP contribution in [0.15, 0.2) is 24.3 Å². The number of rotatable bonds is 5. The minimum atomic E-state index is -0.764. The van der Waals surface area contributed by atoms with Crippen LogP contribution in [0.3, 0.4) is 0 Å². The standard InChI is InChI=1S/C16H18N4O4/c1-2-5-11-15(20(23)24)14(19-18-11)16(22)17-13-10-7-4-3-6-9(10)8-12(13)21/h3-4,6-7,12-13,21H,2,5,8H2,1H3,(H,17,22)(H,18,19)/t12-,13+/m1/s1. The Kier molecular flexibility index (Phi) is 4.30. The van der Waals surface area contributed by atoms with Gasteiger partial charge in [0, 0.05) is 6.42 Å². The first kappa shape index (κ1) is 16.1. The van der Waals surface area contributed by atoms with E-state index in [2.05, 4.69) is 15.5 Å². The molecule has 1 heterocycles. The Hall–Kier alpha value is -2.74. The number of carbonyl (C=O) groups excluding carboxylic acids is 1. The minimum absolute atomic E-state index is 0.250. The molecule has 0 bridgehead atoms. The van der Waals surface area contributed by atoms with Crippen molar-refractivity contribution in [2.24, 2.45) is 0 Å². The number of nitrogens with zero attached hydrogens (tertiary/aromatic N) is 2. The van der Waals surface area contributed by atoms with Crippen LogP contribution in [0.2, 0.25) is 0 Å². The second-order valence-corrected chi connectivity index (χ2v) is 5.83. The van der Waals surface area contributed by atoms with E-state index < -0.39 is 23.0 Å². The lowest BCUT2D eigenvalue weighted by Crippen LogP contribution is -2.34. The Balaban J connectivity index is 1.87. The SMILES string of the molecule is CCCc1[nH]nc(C(=O)N[C@H]2c3ccccc3C[C@H]2O)c1[N+](=O)[O-]. The number of hydrogen-bond donors (Lipinski definition) is 3. The van der Waals surface area contributed by atoms with E-state index in [0.29, 0.717) is 25.0 Å². The van der Waals surface area contributed by atoms with Gasteiger partial charge >= 0.3 is 5.69 Å². The summed E-state index contributed by atoms with van der Waals surface area (Å²) in [6.07, 6.45) is 0.800. The van der Waals surface area contributed by atoms with Crippen molar-refractivity contribution >= 4 is 11.6 Å². The van der Waals surface area contributed by atoms with Gasteiger partial charge in [-0.3, -0.25) is 20.0 Å². The number of aryl methyl sites for hydroxylation is 1. The molecule has 1 aromatic heterocycles. The van der Waals surface area contributed by atoms with Crippen LogP contribution >= 0.6 is 0 Å². The van der Waals surface area contributed by atoms with Gasteiger partial charge in [0.15, 0.2) is 0 Å². The Morgan fingerprint density at radius 3 is 2.96 bits per heavy atom. The maximum atomic E-state index is 12.5. The molecule has 24 heavy (non-hydrogen) atoms. The summed E-state index contributed by atoms with van der Waals surface area (Å²) in [4.78, 5) is 23.2. The number of amides is 1. The molecule has 3 N–H and O–H groups in total. The summed E-state index contributed by atoms with van der Waals surface area (Å²) in [5.41, 5.74) is 1.57. The van der Waals surface area contributed by atoms with E-state index in [1.165, 1.54) is 0 Å². The molecule has 0 fully saturated rings. The molecule has 1 aliphatic carbocycles. The third kappa shape index (κ3) is 2.76. The summed E-state index contributed by atoms with van der Waals surface area (Å²) < 4.78 is 0. The number of aliphatic hydroxyl groups excluding tert-OH is 1. The third-order valence-corrected chi connectivity index (χ3v) is 4.20. The zero-order valence-electron chi connectivity index (χ0n) is 13.2. The van der Waals surface area contributed by atoms with Gasteiger partial charge in [-0.15, -0.1) is 0 Å². The second kappa shape index (κ2) is 6.40. The quantitative estimate of drug-likeness (QED) is 0.568. The topological polar surface area (TPSA) is 121 Å². The molecule has 8 nitrogen and oxygen atoms in total. The summed E-state index contributed by atoms with van der Waals surface area (Å²) in [5, 5.41) is 30.6. The van der Waals surface area contributed by atoms with Crippen LogP contribution in [-0.4, -0.2) is 32.2 Å². The predicted molar refractivity (Wildman–Crippen MR) is 85.6 cm³/mol. The summed E-state index contributed by atoms with van der Waals surface area (Å²) in [7, 11) is 0. The van der Waals surface area contributed by atoms with Crippen LogP contribution in [0.5, 0.6) is 0 Å². The highest BCUT2D eigenvalue weighted by atomic mass is 16.6. The normalized spacial score (nSPS) is 19.1. The molecular weight excluding hydrogens is 312 g/mol. The molecule has 2 aromatic rings. The van der Waals surface area contributed by atoms with E-state index in [1.54, 1.807) is 0 Å². The number of aliphatic hydroxyl groups is 1. The fraction of sp³-hybridized carbons (Fsp3) is 0.375. The number of carbonyl (C=O) groups is 1. The van der Waals surface area contributed by atoms with Crippen molar-refractivity contribution in [1.29, 1.82) is 0 Å². The molecule has 1 aromatic carbocycles. The van der Waals surface area contributed by atoms with Crippen molar-refractivity contribution in [2.75, 3.05) is 0 Å². The lowest BCUT2D eigenvalue weighted by molar-refractivity contribution is -0.385. The third-order valence-electron chi connectivity index (χ3n) is 4.20. The molecule has 0 saturated carbocycles. The van der Waals surface area contributed by atoms with Gasteiger partial charge in [-0.2, -0.15) is 5.10 Å². The summed E-state index contributed by atoms with van der Waals surface area (Å²) >= 11 is 0. The maximum absolute atomic E-state index is 12.5. The molecule has 8 heteroatoms. The van der Waals surface area contributed by atoms with Crippen LogP contribution in [0.25, 0.3) is 0 Å². The monoisotopic (exact) mass is 330 g/mol. The number of H-pyrrole nitrogens is 1. The van der Waals surface area contributed by atoms with Gasteiger partial charge in [0.1, 0.15) is 5.69 Å². The first-order valence-electron chi connectivity index (χ1n) is 7.81. The zero-order chi connectivity index (χ0) is 17.3. The first-order valence-corrected chi connectivity index (χ1v) is 7.81. The highest BCUT2D eigenvalue weighted by Crippen LogP contribution is 2.32. The molecule has 1 amide bonds. The van der Waals surface area contributed by atoms with Gasteiger partial charge in [0.25, 0.3) is 5.91 Å². The molecular formula is C16H18N4O4. The van der Waals surface area contributed by atoms with Gasteiger partial charge in [-0.05, 0) is 17.5 Å². The predicted octanol–water partition coefficient (Wildman–Crippen LogP) is 1.66. The van der Waals surface area contributed by atoms with Crippen LogP contribution in [0.1, 0.15) is 46.7 Å². The highest BCUT2D eigenvalue weighted by Gasteiger charge is 2.35. The van der Waals surface area contributed by atoms with Crippen molar-refractivity contribution in [2.45, 2.75) is 38.3 Å². The maximum Gasteiger partial charge on any atom is 0.322 e. The molecule has 0 unspecified atom stereocenters. The number of aromatic amines is 1. The van der Waals surface area contributed by atoms with Crippen molar-refractivity contribution in [1.82, 2.24) is 15.5 Å². The number of aromatic nitrogens is 2. The molecule has 0 radical (unpaired) electrons. The lowest BCUT2D eigenvalue weighted by atomic mass is 10.1. The van der Waals surface area contributed by atoms with E-state index >= 15 is 0 Å². The zero-order valence-corrected chi connectivity index (χ0v) is 13.2. The number of hydrogen-bond acceptors (Lipinski definition) is 5. The fourth-order valence-corrected chi connectivity index (χ4v) is 3.11. The molecule has 0 saturated heterocycles. The number of fused-ring (bicyclic) bond motifs is 1. The van der Waals surface area contributed by atoms with Crippen molar-refractivity contribution in [3.05, 3.63) is 56.9 Å². The van der Waals surface area contributed by atoms with E-state index in [1.807, 2.05) is 31.2 Å². The van der Waals surface area contributed by atoms with Crippen LogP contribution in [0.4, 0.5) is 5.69 Å². The van der Waals surface area contributed by atoms with Gasteiger partial charge < -0.3 is 10.4 Å². The van der Waals surface area contributed by atoms with Gasteiger partial charge in [-0.1, -0.05) is 37.6 Å². The first-order chi connectivity index (χ1) is 11.5. The molecule has 0 spiro atoms. The van der Waals surface area contributed by atoms with Crippen molar-refractivity contribution in [3.8, 4) is 0 Å². The minimum Gasteiger partial charge on any atom is -0.390 e.